The van der Waals surface area contributed by atoms with Crippen LogP contribution >= 0.6 is 11.6 Å². The van der Waals surface area contributed by atoms with Crippen LogP contribution in [0.15, 0.2) is 0 Å². The summed E-state index contributed by atoms with van der Waals surface area (Å²) in [6, 6.07) is 0.368. The molecule has 0 saturated carbocycles. The van der Waals surface area contributed by atoms with Gasteiger partial charge in [-0.3, -0.25) is 0 Å². The minimum absolute atomic E-state index is 0.223. The van der Waals surface area contributed by atoms with Gasteiger partial charge in [0.05, 0.1) is 0 Å². The first-order valence-corrected chi connectivity index (χ1v) is 7.95. The summed E-state index contributed by atoms with van der Waals surface area (Å²) in [4.78, 5) is 11.4. The summed E-state index contributed by atoms with van der Waals surface area (Å²) in [5, 5.41) is 9.82. The van der Waals surface area contributed by atoms with Crippen molar-refractivity contribution in [2.45, 2.75) is 58.4 Å². The molecule has 0 aromatic carbocycles. The maximum absolute atomic E-state index is 9.26. The molecule has 0 spiro atoms. The molecule has 112 valence electrons. The molecule has 0 aliphatic carbocycles. The van der Waals surface area contributed by atoms with Crippen LogP contribution < -0.4 is 4.90 Å². The Morgan fingerprint density at radius 3 is 2.85 bits per heavy atom. The van der Waals surface area contributed by atoms with Crippen molar-refractivity contribution in [1.29, 1.82) is 0 Å². The summed E-state index contributed by atoms with van der Waals surface area (Å²) < 4.78 is 0. The van der Waals surface area contributed by atoms with Crippen LogP contribution in [0.3, 0.4) is 0 Å². The van der Waals surface area contributed by atoms with Crippen LogP contribution in [-0.4, -0.2) is 34.3 Å². The predicted octanol–water partition coefficient (Wildman–Crippen LogP) is 3.13. The van der Waals surface area contributed by atoms with Crippen molar-refractivity contribution in [3.8, 4) is 0 Å². The van der Waals surface area contributed by atoms with Crippen molar-refractivity contribution >= 4 is 17.4 Å². The lowest BCUT2D eigenvalue weighted by molar-refractivity contribution is 0.262. The maximum atomic E-state index is 9.26. The molecule has 1 aliphatic heterocycles. The Labute approximate surface area is 126 Å². The number of halogens is 1. The zero-order valence-electron chi connectivity index (χ0n) is 12.4. The summed E-state index contributed by atoms with van der Waals surface area (Å²) >= 11 is 6.27. The SMILES string of the molecule is CCCc1nc(Cl)c(C)c(N2CCCCC2CCO)n1. The number of piperidine rings is 1. The molecule has 1 saturated heterocycles. The van der Waals surface area contributed by atoms with E-state index in [1.807, 2.05) is 6.92 Å². The van der Waals surface area contributed by atoms with Gasteiger partial charge in [0, 0.05) is 31.2 Å². The number of anilines is 1. The highest BCUT2D eigenvalue weighted by molar-refractivity contribution is 6.30. The van der Waals surface area contributed by atoms with Crippen molar-refractivity contribution in [3.63, 3.8) is 0 Å². The van der Waals surface area contributed by atoms with Crippen molar-refractivity contribution in [2.24, 2.45) is 0 Å². The number of aliphatic hydroxyl groups excluding tert-OH is 1. The summed E-state index contributed by atoms with van der Waals surface area (Å²) in [5.74, 6) is 1.79. The lowest BCUT2D eigenvalue weighted by Crippen LogP contribution is -2.41. The molecule has 20 heavy (non-hydrogen) atoms. The summed E-state index contributed by atoms with van der Waals surface area (Å²) in [7, 11) is 0. The third kappa shape index (κ3) is 3.41. The van der Waals surface area contributed by atoms with Gasteiger partial charge in [-0.1, -0.05) is 18.5 Å². The van der Waals surface area contributed by atoms with E-state index in [9.17, 15) is 5.11 Å². The van der Waals surface area contributed by atoms with Crippen molar-refractivity contribution in [1.82, 2.24) is 9.97 Å². The van der Waals surface area contributed by atoms with Crippen LogP contribution in [0.4, 0.5) is 5.82 Å². The summed E-state index contributed by atoms with van der Waals surface area (Å²) in [6.07, 6.45) is 6.17. The fourth-order valence-electron chi connectivity index (χ4n) is 2.86. The molecule has 4 nitrogen and oxygen atoms in total. The number of nitrogens with zero attached hydrogens (tertiary/aromatic N) is 3. The van der Waals surface area contributed by atoms with E-state index in [-0.39, 0.29) is 6.61 Å². The summed E-state index contributed by atoms with van der Waals surface area (Å²) in [5.41, 5.74) is 0.955. The second-order valence-electron chi connectivity index (χ2n) is 5.48. The first-order chi connectivity index (χ1) is 9.67. The molecular formula is C15H24ClN3O. The Hall–Kier alpha value is -0.870. The van der Waals surface area contributed by atoms with Crippen LogP contribution in [0.2, 0.25) is 5.15 Å². The smallest absolute Gasteiger partial charge is 0.137 e. The predicted molar refractivity (Wildman–Crippen MR) is 82.5 cm³/mol. The average molecular weight is 298 g/mol. The number of rotatable bonds is 5. The molecule has 0 amide bonds. The quantitative estimate of drug-likeness (QED) is 0.848. The standard InChI is InChI=1S/C15H24ClN3O/c1-3-6-13-17-14(16)11(2)15(18-13)19-9-5-4-7-12(19)8-10-20/h12,20H,3-10H2,1-2H3. The van der Waals surface area contributed by atoms with Gasteiger partial charge in [-0.25, -0.2) is 9.97 Å². The van der Waals surface area contributed by atoms with Gasteiger partial charge in [0.15, 0.2) is 0 Å². The number of aliphatic hydroxyl groups is 1. The molecule has 0 radical (unpaired) electrons. The normalized spacial score (nSPS) is 19.4. The lowest BCUT2D eigenvalue weighted by Gasteiger charge is -2.37. The number of aryl methyl sites for hydroxylation is 1. The molecule has 0 bridgehead atoms. The zero-order valence-corrected chi connectivity index (χ0v) is 13.2. The molecule has 5 heteroatoms. The van der Waals surface area contributed by atoms with Crippen LogP contribution in [0.25, 0.3) is 0 Å². The van der Waals surface area contributed by atoms with Crippen LogP contribution in [0.5, 0.6) is 0 Å². The number of hydrogen-bond acceptors (Lipinski definition) is 4. The molecule has 1 unspecified atom stereocenters. The first kappa shape index (κ1) is 15.5. The van der Waals surface area contributed by atoms with E-state index in [0.29, 0.717) is 11.2 Å². The highest BCUT2D eigenvalue weighted by atomic mass is 35.5. The van der Waals surface area contributed by atoms with Gasteiger partial charge < -0.3 is 10.0 Å². The number of hydrogen-bond donors (Lipinski definition) is 1. The Balaban J connectivity index is 2.33. The fourth-order valence-corrected chi connectivity index (χ4v) is 3.05. The van der Waals surface area contributed by atoms with Crippen LogP contribution in [-0.2, 0) is 6.42 Å². The van der Waals surface area contributed by atoms with Crippen LogP contribution in [0, 0.1) is 6.92 Å². The van der Waals surface area contributed by atoms with E-state index in [2.05, 4.69) is 16.8 Å². The van der Waals surface area contributed by atoms with Gasteiger partial charge in [0.1, 0.15) is 16.8 Å². The third-order valence-corrected chi connectivity index (χ3v) is 4.31. The van der Waals surface area contributed by atoms with E-state index in [1.54, 1.807) is 0 Å². The molecule has 1 aromatic rings. The molecule has 1 fully saturated rings. The minimum atomic E-state index is 0.223. The molecular weight excluding hydrogens is 274 g/mol. The highest BCUT2D eigenvalue weighted by Gasteiger charge is 2.25. The Bertz CT molecular complexity index is 451. The first-order valence-electron chi connectivity index (χ1n) is 7.57. The molecule has 1 aliphatic rings. The Morgan fingerprint density at radius 1 is 1.35 bits per heavy atom. The maximum Gasteiger partial charge on any atom is 0.137 e. The zero-order chi connectivity index (χ0) is 14.5. The average Bonchev–Trinajstić information content (AvgIpc) is 2.44. The van der Waals surface area contributed by atoms with E-state index < -0.39 is 0 Å². The largest absolute Gasteiger partial charge is 0.396 e. The highest BCUT2D eigenvalue weighted by Crippen LogP contribution is 2.30. The van der Waals surface area contributed by atoms with Gasteiger partial charge in [-0.05, 0) is 39.0 Å². The Kier molecular flexibility index (Phi) is 5.61. The van der Waals surface area contributed by atoms with Crippen LogP contribution in [0.1, 0.15) is 50.4 Å². The molecule has 2 heterocycles. The molecule has 1 atom stereocenters. The van der Waals surface area contributed by atoms with E-state index in [0.717, 1.165) is 49.4 Å². The molecule has 2 rings (SSSR count). The van der Waals surface area contributed by atoms with Crippen molar-refractivity contribution in [3.05, 3.63) is 16.5 Å². The third-order valence-electron chi connectivity index (χ3n) is 3.94. The second kappa shape index (κ2) is 7.23. The van der Waals surface area contributed by atoms with E-state index >= 15 is 0 Å². The van der Waals surface area contributed by atoms with Crippen molar-refractivity contribution in [2.75, 3.05) is 18.1 Å². The monoisotopic (exact) mass is 297 g/mol. The minimum Gasteiger partial charge on any atom is -0.396 e. The lowest BCUT2D eigenvalue weighted by atomic mass is 9.99. The summed E-state index contributed by atoms with van der Waals surface area (Å²) in [6.45, 7) is 5.31. The van der Waals surface area contributed by atoms with Gasteiger partial charge in [-0.2, -0.15) is 0 Å². The molecule has 1 N–H and O–H groups in total. The van der Waals surface area contributed by atoms with E-state index in [4.69, 9.17) is 16.6 Å². The van der Waals surface area contributed by atoms with Gasteiger partial charge in [0.2, 0.25) is 0 Å². The molecule has 1 aromatic heterocycles. The van der Waals surface area contributed by atoms with E-state index in [1.165, 1.54) is 12.8 Å². The van der Waals surface area contributed by atoms with Gasteiger partial charge in [0.25, 0.3) is 0 Å². The van der Waals surface area contributed by atoms with Gasteiger partial charge >= 0.3 is 0 Å². The van der Waals surface area contributed by atoms with Gasteiger partial charge in [-0.15, -0.1) is 0 Å². The second-order valence-corrected chi connectivity index (χ2v) is 5.84. The Morgan fingerprint density at radius 2 is 2.15 bits per heavy atom. The van der Waals surface area contributed by atoms with Crippen molar-refractivity contribution < 1.29 is 5.11 Å². The topological polar surface area (TPSA) is 49.2 Å². The number of aromatic nitrogens is 2. The fraction of sp³-hybridized carbons (Fsp3) is 0.733.